The Morgan fingerprint density at radius 2 is 1.91 bits per heavy atom. The van der Waals surface area contributed by atoms with Crippen LogP contribution in [0.25, 0.3) is 0 Å². The van der Waals surface area contributed by atoms with Crippen LogP contribution in [0.15, 0.2) is 30.5 Å². The third-order valence-corrected chi connectivity index (χ3v) is 7.86. The number of nitrogens with zero attached hydrogens (tertiary/aromatic N) is 1. The van der Waals surface area contributed by atoms with Gasteiger partial charge in [-0.05, 0) is 81.6 Å². The second-order valence-corrected chi connectivity index (χ2v) is 10.5. The van der Waals surface area contributed by atoms with E-state index in [-0.39, 0.29) is 23.7 Å². The van der Waals surface area contributed by atoms with Crippen LogP contribution in [0.3, 0.4) is 0 Å². The van der Waals surface area contributed by atoms with Crippen molar-refractivity contribution in [2.24, 2.45) is 5.92 Å². The number of nitrogens with one attached hydrogen (secondary N) is 1. The highest BCUT2D eigenvalue weighted by Gasteiger charge is 2.52. The first kappa shape index (κ1) is 22.8. The monoisotopic (exact) mass is 454 g/mol. The minimum absolute atomic E-state index is 0.125. The summed E-state index contributed by atoms with van der Waals surface area (Å²) in [5.41, 5.74) is 2.76. The number of aliphatic hydroxyl groups excluding tert-OH is 1. The molecule has 2 aromatic rings. The molecule has 1 saturated carbocycles. The molecule has 2 aliphatic carbocycles. The minimum Gasteiger partial charge on any atom is -0.399 e. The average Bonchev–Trinajstić information content (AvgIpc) is 3.40. The number of anilines is 1. The van der Waals surface area contributed by atoms with Gasteiger partial charge in [0.15, 0.2) is 6.29 Å². The number of benzene rings is 1. The van der Waals surface area contributed by atoms with Crippen LogP contribution in [0.2, 0.25) is 0 Å². The van der Waals surface area contributed by atoms with Crippen molar-refractivity contribution in [1.29, 1.82) is 0 Å². The van der Waals surface area contributed by atoms with Gasteiger partial charge >= 0.3 is 7.12 Å². The summed E-state index contributed by atoms with van der Waals surface area (Å²) in [6, 6.07) is 7.11. The van der Waals surface area contributed by atoms with Crippen molar-refractivity contribution in [2.75, 3.05) is 12.4 Å². The van der Waals surface area contributed by atoms with Gasteiger partial charge in [-0.3, -0.25) is 0 Å². The fraction of sp³-hybridized carbons (Fsp3) is 0.560. The Bertz CT molecular complexity index is 1030. The van der Waals surface area contributed by atoms with E-state index in [2.05, 4.69) is 10.3 Å². The van der Waals surface area contributed by atoms with Crippen LogP contribution in [-0.4, -0.2) is 41.8 Å². The lowest BCUT2D eigenvalue weighted by Crippen LogP contribution is -2.41. The molecule has 2 heterocycles. The molecule has 176 valence electrons. The van der Waals surface area contributed by atoms with E-state index < -0.39 is 24.6 Å². The molecule has 33 heavy (non-hydrogen) atoms. The average molecular weight is 454 g/mol. The Hall–Kier alpha value is -2.00. The van der Waals surface area contributed by atoms with Crippen LogP contribution in [-0.2, 0) is 20.5 Å². The van der Waals surface area contributed by atoms with E-state index in [1.165, 1.54) is 13.2 Å². The first-order chi connectivity index (χ1) is 15.6. The molecule has 4 atom stereocenters. The Kier molecular flexibility index (Phi) is 5.56. The van der Waals surface area contributed by atoms with Gasteiger partial charge in [0.25, 0.3) is 0 Å². The molecule has 1 aromatic heterocycles. The Labute approximate surface area is 195 Å². The molecule has 6 nitrogen and oxygen atoms in total. The van der Waals surface area contributed by atoms with Crippen LogP contribution in [0.1, 0.15) is 69.2 Å². The molecule has 0 spiro atoms. The summed E-state index contributed by atoms with van der Waals surface area (Å²) in [5, 5.41) is 13.3. The fourth-order valence-electron chi connectivity index (χ4n) is 5.05. The number of aromatic nitrogens is 1. The van der Waals surface area contributed by atoms with Crippen molar-refractivity contribution < 1.29 is 23.5 Å². The zero-order chi connectivity index (χ0) is 23.5. The number of ether oxygens (including phenoxy) is 1. The molecule has 1 unspecified atom stereocenters. The molecule has 0 radical (unpaired) electrons. The molecule has 0 amide bonds. The molecular weight excluding hydrogens is 422 g/mol. The Balaban J connectivity index is 1.33. The van der Waals surface area contributed by atoms with Gasteiger partial charge in [0.05, 0.1) is 17.2 Å². The van der Waals surface area contributed by atoms with Crippen LogP contribution in [0.4, 0.5) is 10.2 Å². The van der Waals surface area contributed by atoms with Crippen molar-refractivity contribution in [2.45, 2.75) is 76.4 Å². The number of rotatable bonds is 6. The van der Waals surface area contributed by atoms with Crippen molar-refractivity contribution in [1.82, 2.24) is 4.98 Å². The normalized spacial score (nSPS) is 28.0. The predicted molar refractivity (Wildman–Crippen MR) is 125 cm³/mol. The molecule has 3 aliphatic rings. The van der Waals surface area contributed by atoms with Crippen molar-refractivity contribution in [3.05, 3.63) is 53.0 Å². The second-order valence-electron chi connectivity index (χ2n) is 10.5. The number of pyridine rings is 1. The van der Waals surface area contributed by atoms with Gasteiger partial charge in [0, 0.05) is 24.8 Å². The lowest BCUT2D eigenvalue weighted by molar-refractivity contribution is -0.0895. The Morgan fingerprint density at radius 1 is 1.18 bits per heavy atom. The van der Waals surface area contributed by atoms with Crippen molar-refractivity contribution in [3.63, 3.8) is 0 Å². The van der Waals surface area contributed by atoms with E-state index in [4.69, 9.17) is 14.0 Å². The second kappa shape index (κ2) is 8.05. The van der Waals surface area contributed by atoms with E-state index in [0.717, 1.165) is 35.9 Å². The van der Waals surface area contributed by atoms with Gasteiger partial charge in [-0.25, -0.2) is 9.37 Å². The van der Waals surface area contributed by atoms with E-state index in [9.17, 15) is 9.50 Å². The van der Waals surface area contributed by atoms with Crippen LogP contribution >= 0.6 is 0 Å². The molecule has 2 N–H and O–H groups in total. The molecule has 1 aromatic carbocycles. The summed E-state index contributed by atoms with van der Waals surface area (Å²) in [5.74, 6) is 0.890. The lowest BCUT2D eigenvalue weighted by atomic mass is 9.75. The van der Waals surface area contributed by atoms with Gasteiger partial charge in [0.1, 0.15) is 11.6 Å². The quantitative estimate of drug-likeness (QED) is 0.513. The van der Waals surface area contributed by atoms with Gasteiger partial charge in [-0.2, -0.15) is 0 Å². The third-order valence-electron chi connectivity index (χ3n) is 7.86. The standard InChI is InChI=1S/C25H32BFN2O4/c1-24(2)25(3,4)33-26(32-24)18-8-9-19(27)22-15(18)7-10-20(22)29-21-11-6-14(13-28-21)16-12-17(16)23(30)31-5/h6,8-9,11,13,16-17,20,23,30H,7,10,12H2,1-5H3,(H,28,29)/t16-,17+,20-,23?/m1/s1. The largest absolute Gasteiger partial charge is 0.495 e. The topological polar surface area (TPSA) is 72.8 Å². The van der Waals surface area contributed by atoms with Crippen LogP contribution < -0.4 is 10.8 Å². The summed E-state index contributed by atoms with van der Waals surface area (Å²) >= 11 is 0. The maximum atomic E-state index is 15.0. The molecule has 2 fully saturated rings. The van der Waals surface area contributed by atoms with Gasteiger partial charge in [-0.15, -0.1) is 0 Å². The predicted octanol–water partition coefficient (Wildman–Crippen LogP) is 3.69. The highest BCUT2D eigenvalue weighted by molar-refractivity contribution is 6.62. The highest BCUT2D eigenvalue weighted by atomic mass is 19.1. The molecule has 5 rings (SSSR count). The first-order valence-electron chi connectivity index (χ1n) is 11.7. The smallest absolute Gasteiger partial charge is 0.399 e. The number of aliphatic hydroxyl groups is 1. The summed E-state index contributed by atoms with van der Waals surface area (Å²) in [6.07, 6.45) is 3.52. The van der Waals surface area contributed by atoms with Crippen LogP contribution in [0.5, 0.6) is 0 Å². The molecule has 0 bridgehead atoms. The number of halogens is 1. The third kappa shape index (κ3) is 3.97. The molecular formula is C25H32BFN2O4. The van der Waals surface area contributed by atoms with E-state index >= 15 is 0 Å². The number of hydrogen-bond acceptors (Lipinski definition) is 6. The van der Waals surface area contributed by atoms with E-state index in [1.807, 2.05) is 46.0 Å². The van der Waals surface area contributed by atoms with Gasteiger partial charge in [-0.1, -0.05) is 12.1 Å². The number of methoxy groups -OCH3 is 1. The zero-order valence-corrected chi connectivity index (χ0v) is 19.9. The fourth-order valence-corrected chi connectivity index (χ4v) is 5.05. The Morgan fingerprint density at radius 3 is 2.55 bits per heavy atom. The molecule has 1 aliphatic heterocycles. The maximum absolute atomic E-state index is 15.0. The minimum atomic E-state index is -0.732. The highest BCUT2D eigenvalue weighted by Crippen LogP contribution is 2.49. The maximum Gasteiger partial charge on any atom is 0.495 e. The zero-order valence-electron chi connectivity index (χ0n) is 19.9. The first-order valence-corrected chi connectivity index (χ1v) is 11.7. The van der Waals surface area contributed by atoms with E-state index in [0.29, 0.717) is 11.4 Å². The van der Waals surface area contributed by atoms with Gasteiger partial charge in [0.2, 0.25) is 0 Å². The summed E-state index contributed by atoms with van der Waals surface area (Å²) in [4.78, 5) is 4.56. The summed E-state index contributed by atoms with van der Waals surface area (Å²) < 4.78 is 32.5. The SMILES string of the molecule is COC(O)[C@H]1C[C@@H]1c1ccc(N[C@@H]2CCc3c(B4OC(C)(C)C(C)(C)O4)ccc(F)c32)nc1. The van der Waals surface area contributed by atoms with Crippen LogP contribution in [0, 0.1) is 11.7 Å². The molecule has 1 saturated heterocycles. The van der Waals surface area contributed by atoms with Crippen molar-refractivity contribution in [3.8, 4) is 0 Å². The number of hydrogen-bond donors (Lipinski definition) is 2. The summed E-state index contributed by atoms with van der Waals surface area (Å²) in [7, 11) is 1.01. The van der Waals surface area contributed by atoms with E-state index in [1.54, 1.807) is 6.07 Å². The summed E-state index contributed by atoms with van der Waals surface area (Å²) in [6.45, 7) is 8.10. The van der Waals surface area contributed by atoms with Crippen molar-refractivity contribution >= 4 is 18.4 Å². The van der Waals surface area contributed by atoms with Gasteiger partial charge < -0.3 is 24.5 Å². The molecule has 8 heteroatoms. The number of fused-ring (bicyclic) bond motifs is 1. The lowest BCUT2D eigenvalue weighted by Gasteiger charge is -2.32.